The molecule has 32 heavy (non-hydrogen) atoms. The fourth-order valence-electron chi connectivity index (χ4n) is 3.20. The number of hydrogen-bond donors (Lipinski definition) is 1. The fourth-order valence-corrected chi connectivity index (χ4v) is 4.43. The highest BCUT2D eigenvalue weighted by atomic mass is 79.9. The molecular weight excluding hydrogens is 494 g/mol. The highest BCUT2D eigenvalue weighted by Crippen LogP contribution is 2.23. The van der Waals surface area contributed by atoms with Crippen LogP contribution in [0.5, 0.6) is 0 Å². The average molecular weight is 524 g/mol. The molecule has 2 aromatic carbocycles. The molecule has 1 N–H and O–H groups in total. The van der Waals surface area contributed by atoms with E-state index >= 15 is 0 Å². The lowest BCUT2D eigenvalue weighted by molar-refractivity contribution is -0.139. The van der Waals surface area contributed by atoms with Gasteiger partial charge in [0.15, 0.2) is 0 Å². The standard InChI is InChI=1S/C23H30BrN3O4S/c1-16(2)25-23(29)18(4)26(14-19-10-7-6-9-17(19)3)22(28)15-27(32(5,30)31)21-12-8-11-20(24)13-21/h6-13,16,18H,14-15H2,1-5H3,(H,25,29)/t18-/m0/s1. The van der Waals surface area contributed by atoms with Gasteiger partial charge in [-0.1, -0.05) is 46.3 Å². The fraction of sp³-hybridized carbons (Fsp3) is 0.391. The van der Waals surface area contributed by atoms with Crippen molar-refractivity contribution in [1.82, 2.24) is 10.2 Å². The van der Waals surface area contributed by atoms with Crippen LogP contribution in [0.15, 0.2) is 53.0 Å². The summed E-state index contributed by atoms with van der Waals surface area (Å²) in [5.74, 6) is -0.764. The number of benzene rings is 2. The maximum atomic E-state index is 13.4. The molecule has 1 atom stereocenters. The van der Waals surface area contributed by atoms with E-state index in [0.717, 1.165) is 21.7 Å². The zero-order valence-electron chi connectivity index (χ0n) is 19.0. The number of anilines is 1. The second-order valence-corrected chi connectivity index (χ2v) is 10.9. The third-order valence-electron chi connectivity index (χ3n) is 4.98. The van der Waals surface area contributed by atoms with Crippen molar-refractivity contribution >= 4 is 43.5 Å². The largest absolute Gasteiger partial charge is 0.352 e. The third kappa shape index (κ3) is 7.06. The Morgan fingerprint density at radius 1 is 1.06 bits per heavy atom. The minimum atomic E-state index is -3.74. The lowest BCUT2D eigenvalue weighted by atomic mass is 10.1. The molecule has 2 rings (SSSR count). The Morgan fingerprint density at radius 2 is 1.72 bits per heavy atom. The number of sulfonamides is 1. The lowest BCUT2D eigenvalue weighted by Gasteiger charge is -2.32. The maximum Gasteiger partial charge on any atom is 0.244 e. The molecule has 0 bridgehead atoms. The van der Waals surface area contributed by atoms with Gasteiger partial charge in [-0.05, 0) is 57.0 Å². The molecule has 0 saturated carbocycles. The van der Waals surface area contributed by atoms with Gasteiger partial charge in [-0.25, -0.2) is 8.42 Å². The van der Waals surface area contributed by atoms with Gasteiger partial charge in [-0.15, -0.1) is 0 Å². The number of nitrogens with zero attached hydrogens (tertiary/aromatic N) is 2. The van der Waals surface area contributed by atoms with Crippen molar-refractivity contribution in [3.63, 3.8) is 0 Å². The molecular formula is C23H30BrN3O4S. The Kier molecular flexibility index (Phi) is 8.86. The summed E-state index contributed by atoms with van der Waals surface area (Å²) in [6, 6.07) is 13.5. The van der Waals surface area contributed by atoms with Crippen molar-refractivity contribution in [2.75, 3.05) is 17.1 Å². The average Bonchev–Trinajstić information content (AvgIpc) is 2.69. The molecule has 2 aromatic rings. The predicted molar refractivity (Wildman–Crippen MR) is 131 cm³/mol. The first-order chi connectivity index (χ1) is 14.9. The first kappa shape index (κ1) is 25.9. The summed E-state index contributed by atoms with van der Waals surface area (Å²) < 4.78 is 26.8. The second-order valence-electron chi connectivity index (χ2n) is 8.04. The van der Waals surface area contributed by atoms with E-state index in [1.807, 2.05) is 45.0 Å². The van der Waals surface area contributed by atoms with Crippen LogP contribution in [-0.2, 0) is 26.2 Å². The molecule has 2 amide bonds. The van der Waals surface area contributed by atoms with Crippen LogP contribution in [0.25, 0.3) is 0 Å². The molecule has 0 spiro atoms. The van der Waals surface area contributed by atoms with E-state index in [1.165, 1.54) is 4.90 Å². The lowest BCUT2D eigenvalue weighted by Crippen LogP contribution is -2.52. The van der Waals surface area contributed by atoms with E-state index in [0.29, 0.717) is 10.2 Å². The quantitative estimate of drug-likeness (QED) is 0.545. The van der Waals surface area contributed by atoms with Crippen molar-refractivity contribution < 1.29 is 18.0 Å². The Balaban J connectivity index is 2.40. The van der Waals surface area contributed by atoms with E-state index < -0.39 is 28.5 Å². The summed E-state index contributed by atoms with van der Waals surface area (Å²) in [5.41, 5.74) is 2.23. The van der Waals surface area contributed by atoms with E-state index in [4.69, 9.17) is 0 Å². The summed E-state index contributed by atoms with van der Waals surface area (Å²) in [6.07, 6.45) is 1.06. The van der Waals surface area contributed by atoms with Crippen molar-refractivity contribution in [2.24, 2.45) is 0 Å². The highest BCUT2D eigenvalue weighted by Gasteiger charge is 2.30. The number of aryl methyl sites for hydroxylation is 1. The predicted octanol–water partition coefficient (Wildman–Crippen LogP) is 3.47. The van der Waals surface area contributed by atoms with Gasteiger partial charge >= 0.3 is 0 Å². The summed E-state index contributed by atoms with van der Waals surface area (Å²) in [7, 11) is -3.74. The molecule has 7 nitrogen and oxygen atoms in total. The first-order valence-corrected chi connectivity index (χ1v) is 12.9. The van der Waals surface area contributed by atoms with Crippen LogP contribution in [0.3, 0.4) is 0 Å². The molecule has 0 fully saturated rings. The minimum Gasteiger partial charge on any atom is -0.352 e. The Hall–Kier alpha value is -2.39. The number of rotatable bonds is 9. The van der Waals surface area contributed by atoms with Gasteiger partial charge in [0, 0.05) is 17.1 Å². The van der Waals surface area contributed by atoms with E-state index in [9.17, 15) is 18.0 Å². The molecule has 0 aromatic heterocycles. The molecule has 0 aliphatic heterocycles. The van der Waals surface area contributed by atoms with Gasteiger partial charge in [-0.2, -0.15) is 0 Å². The molecule has 0 heterocycles. The molecule has 0 aliphatic rings. The second kappa shape index (κ2) is 11.0. The van der Waals surface area contributed by atoms with Gasteiger partial charge in [0.2, 0.25) is 21.8 Å². The zero-order valence-corrected chi connectivity index (χ0v) is 21.4. The van der Waals surface area contributed by atoms with Crippen molar-refractivity contribution in [2.45, 2.75) is 46.3 Å². The van der Waals surface area contributed by atoms with E-state index in [1.54, 1.807) is 31.2 Å². The van der Waals surface area contributed by atoms with Crippen molar-refractivity contribution in [3.8, 4) is 0 Å². The number of carbonyl (C=O) groups excluding carboxylic acids is 2. The molecule has 0 saturated heterocycles. The number of amides is 2. The van der Waals surface area contributed by atoms with Gasteiger partial charge in [0.05, 0.1) is 11.9 Å². The third-order valence-corrected chi connectivity index (χ3v) is 6.61. The Morgan fingerprint density at radius 3 is 2.28 bits per heavy atom. The minimum absolute atomic E-state index is 0.0884. The Bertz CT molecular complexity index is 1070. The number of nitrogens with one attached hydrogen (secondary N) is 1. The molecule has 9 heteroatoms. The molecule has 174 valence electrons. The maximum absolute atomic E-state index is 13.4. The van der Waals surface area contributed by atoms with Gasteiger partial charge in [-0.3, -0.25) is 13.9 Å². The molecule has 0 aliphatic carbocycles. The molecule has 0 unspecified atom stereocenters. The highest BCUT2D eigenvalue weighted by molar-refractivity contribution is 9.10. The van der Waals surface area contributed by atoms with Crippen molar-refractivity contribution in [3.05, 3.63) is 64.1 Å². The van der Waals surface area contributed by atoms with Crippen LogP contribution in [-0.4, -0.2) is 50.0 Å². The topological polar surface area (TPSA) is 86.8 Å². The Labute approximate surface area is 199 Å². The van der Waals surface area contributed by atoms with Gasteiger partial charge < -0.3 is 10.2 Å². The summed E-state index contributed by atoms with van der Waals surface area (Å²) in [4.78, 5) is 27.6. The zero-order chi connectivity index (χ0) is 24.1. The SMILES string of the molecule is Cc1ccccc1CN(C(=O)CN(c1cccc(Br)c1)S(C)(=O)=O)[C@@H](C)C(=O)NC(C)C. The van der Waals surface area contributed by atoms with Gasteiger partial charge in [0.1, 0.15) is 12.6 Å². The number of hydrogen-bond acceptors (Lipinski definition) is 4. The normalized spacial score (nSPS) is 12.3. The summed E-state index contributed by atoms with van der Waals surface area (Å²) >= 11 is 3.34. The van der Waals surface area contributed by atoms with Crippen LogP contribution < -0.4 is 9.62 Å². The number of halogens is 1. The van der Waals surface area contributed by atoms with Crippen LogP contribution in [0.4, 0.5) is 5.69 Å². The molecule has 0 radical (unpaired) electrons. The first-order valence-electron chi connectivity index (χ1n) is 10.3. The summed E-state index contributed by atoms with van der Waals surface area (Å²) in [6.45, 7) is 7.04. The van der Waals surface area contributed by atoms with Crippen LogP contribution >= 0.6 is 15.9 Å². The van der Waals surface area contributed by atoms with Crippen LogP contribution in [0.1, 0.15) is 31.9 Å². The smallest absolute Gasteiger partial charge is 0.244 e. The summed E-state index contributed by atoms with van der Waals surface area (Å²) in [5, 5.41) is 2.83. The number of carbonyl (C=O) groups is 2. The van der Waals surface area contributed by atoms with E-state index in [-0.39, 0.29) is 18.5 Å². The van der Waals surface area contributed by atoms with Crippen LogP contribution in [0.2, 0.25) is 0 Å². The van der Waals surface area contributed by atoms with Crippen LogP contribution in [0, 0.1) is 6.92 Å². The van der Waals surface area contributed by atoms with E-state index in [2.05, 4.69) is 21.2 Å². The van der Waals surface area contributed by atoms with Crippen molar-refractivity contribution in [1.29, 1.82) is 0 Å². The van der Waals surface area contributed by atoms with Gasteiger partial charge in [0.25, 0.3) is 0 Å². The monoisotopic (exact) mass is 523 g/mol.